The fourth-order valence-corrected chi connectivity index (χ4v) is 3.17. The molecule has 2 rings (SSSR count). The highest BCUT2D eigenvalue weighted by molar-refractivity contribution is 9.10. The minimum atomic E-state index is -4.86. The molecule has 1 heterocycles. The van der Waals surface area contributed by atoms with Crippen molar-refractivity contribution in [2.45, 2.75) is 32.0 Å². The first-order chi connectivity index (χ1) is 14.1. The molecule has 1 aliphatic rings. The van der Waals surface area contributed by atoms with E-state index in [2.05, 4.69) is 36.1 Å². The number of quaternary nitrogens is 1. The van der Waals surface area contributed by atoms with Crippen LogP contribution in [0.3, 0.4) is 0 Å². The van der Waals surface area contributed by atoms with Crippen molar-refractivity contribution in [1.82, 2.24) is 0 Å². The molecule has 1 aliphatic heterocycles. The van der Waals surface area contributed by atoms with E-state index in [4.69, 9.17) is 9.47 Å². The number of carbonyl (C=O) groups excluding carboxylic acids is 2. The molecule has 0 spiro atoms. The van der Waals surface area contributed by atoms with Crippen LogP contribution in [0.1, 0.15) is 24.0 Å². The summed E-state index contributed by atoms with van der Waals surface area (Å²) < 4.78 is 59.9. The van der Waals surface area contributed by atoms with Gasteiger partial charge in [0.1, 0.15) is 12.4 Å². The Balaban J connectivity index is 2.00. The van der Waals surface area contributed by atoms with Gasteiger partial charge in [-0.3, -0.25) is 0 Å². The van der Waals surface area contributed by atoms with Crippen LogP contribution in [-0.2, 0) is 23.8 Å². The number of esters is 1. The summed E-state index contributed by atoms with van der Waals surface area (Å²) in [7, 11) is 0. The fraction of sp³-hybridized carbons (Fsp3) is 0.444. The van der Waals surface area contributed by atoms with Gasteiger partial charge in [-0.15, -0.1) is 0 Å². The zero-order chi connectivity index (χ0) is 22.3. The van der Waals surface area contributed by atoms with Crippen LogP contribution >= 0.6 is 15.9 Å². The van der Waals surface area contributed by atoms with Crippen molar-refractivity contribution >= 4 is 34.1 Å². The van der Waals surface area contributed by atoms with E-state index in [9.17, 15) is 22.8 Å². The minimum Gasteiger partial charge on any atom is -0.475 e. The molecule has 3 N–H and O–H groups in total. The maximum atomic E-state index is 13.4. The number of unbranched alkanes of at least 4 members (excludes halogenated alkanes) is 1. The van der Waals surface area contributed by atoms with Gasteiger partial charge in [0.15, 0.2) is 0 Å². The number of carbonyl (C=O) groups is 2. The number of halogens is 4. The van der Waals surface area contributed by atoms with Crippen LogP contribution in [0.2, 0.25) is 0 Å². The predicted molar refractivity (Wildman–Crippen MR) is 98.8 cm³/mol. The van der Waals surface area contributed by atoms with Gasteiger partial charge in [0, 0.05) is 10.0 Å². The van der Waals surface area contributed by atoms with Gasteiger partial charge in [-0.2, -0.15) is 13.2 Å². The van der Waals surface area contributed by atoms with E-state index in [0.29, 0.717) is 29.5 Å². The third-order valence-electron chi connectivity index (χ3n) is 3.90. The highest BCUT2D eigenvalue weighted by Crippen LogP contribution is 2.40. The van der Waals surface area contributed by atoms with E-state index in [0.717, 1.165) is 6.08 Å². The van der Waals surface area contributed by atoms with Crippen molar-refractivity contribution in [1.29, 1.82) is 0 Å². The summed E-state index contributed by atoms with van der Waals surface area (Å²) in [6, 6.07) is 3.10. The molecule has 166 valence electrons. The Bertz CT molecular complexity index is 814. The molecule has 0 aromatic heterocycles. The number of alkyl halides is 3. The zero-order valence-corrected chi connectivity index (χ0v) is 17.5. The van der Waals surface area contributed by atoms with Crippen molar-refractivity contribution in [3.63, 3.8) is 0 Å². The molecule has 0 bridgehead atoms. The van der Waals surface area contributed by atoms with Gasteiger partial charge in [-0.05, 0) is 43.5 Å². The topological polar surface area (TPSA) is 108 Å². The van der Waals surface area contributed by atoms with E-state index in [1.165, 1.54) is 6.07 Å². The monoisotopic (exact) mass is 498 g/mol. The van der Waals surface area contributed by atoms with Crippen molar-refractivity contribution in [2.75, 3.05) is 20.0 Å². The Labute approximate surface area is 178 Å². The smallest absolute Gasteiger partial charge is 0.475 e. The van der Waals surface area contributed by atoms with Crippen LogP contribution in [0.15, 0.2) is 22.2 Å². The molecule has 12 heteroatoms. The van der Waals surface area contributed by atoms with Crippen LogP contribution in [0.25, 0.3) is 6.08 Å². The molecule has 0 radical (unpaired) electrons. The van der Waals surface area contributed by atoms with E-state index in [-0.39, 0.29) is 17.9 Å². The zero-order valence-electron chi connectivity index (χ0n) is 15.9. The maximum absolute atomic E-state index is 13.4. The summed E-state index contributed by atoms with van der Waals surface area (Å²) in [5.74, 6) is 1.87. The summed E-state index contributed by atoms with van der Waals surface area (Å²) >= 11 is 3.24. The van der Waals surface area contributed by atoms with Gasteiger partial charge in [-0.25, -0.2) is 20.3 Å². The first-order valence-electron chi connectivity index (χ1n) is 8.72. The molecule has 0 saturated carbocycles. The van der Waals surface area contributed by atoms with Crippen LogP contribution in [0.4, 0.5) is 18.0 Å². The summed E-state index contributed by atoms with van der Waals surface area (Å²) in [5, 5.41) is 0. The lowest BCUT2D eigenvalue weighted by atomic mass is 9.99. The molecule has 30 heavy (non-hydrogen) atoms. The molecular formula is C18H20BrF3NO7+. The number of fused-ring (bicyclic) bond motifs is 1. The van der Waals surface area contributed by atoms with Gasteiger partial charge < -0.3 is 18.9 Å². The highest BCUT2D eigenvalue weighted by Gasteiger charge is 2.49. The van der Waals surface area contributed by atoms with Gasteiger partial charge >= 0.3 is 18.3 Å². The molecule has 0 fully saturated rings. The van der Waals surface area contributed by atoms with E-state index in [1.54, 1.807) is 13.0 Å². The van der Waals surface area contributed by atoms with Gasteiger partial charge in [-0.1, -0.05) is 15.9 Å². The lowest BCUT2D eigenvalue weighted by molar-refractivity contribution is -0.689. The Kier molecular flexibility index (Phi) is 8.50. The fourth-order valence-electron chi connectivity index (χ4n) is 2.58. The quantitative estimate of drug-likeness (QED) is 0.254. The first-order valence-corrected chi connectivity index (χ1v) is 9.51. The third kappa shape index (κ3) is 6.61. The number of aryl methyl sites for hydroxylation is 1. The number of benzene rings is 1. The predicted octanol–water partition coefficient (Wildman–Crippen LogP) is 3.07. The normalized spacial score (nSPS) is 15.5. The largest absolute Gasteiger partial charge is 0.511 e. The Morgan fingerprint density at radius 2 is 1.87 bits per heavy atom. The molecule has 0 aliphatic carbocycles. The van der Waals surface area contributed by atoms with E-state index in [1.807, 2.05) is 0 Å². The number of hydrogen-bond donors (Lipinski definition) is 1. The van der Waals surface area contributed by atoms with Crippen molar-refractivity contribution in [3.8, 4) is 5.75 Å². The average molecular weight is 499 g/mol. The molecule has 1 unspecified atom stereocenters. The number of hydrogen-bond acceptors (Lipinski definition) is 7. The highest BCUT2D eigenvalue weighted by atomic mass is 79.9. The van der Waals surface area contributed by atoms with Crippen molar-refractivity contribution in [3.05, 3.63) is 33.3 Å². The summed E-state index contributed by atoms with van der Waals surface area (Å²) in [4.78, 5) is 28.2. The van der Waals surface area contributed by atoms with Crippen LogP contribution in [0.5, 0.6) is 5.75 Å². The van der Waals surface area contributed by atoms with Crippen molar-refractivity contribution in [2.24, 2.45) is 0 Å². The lowest BCUT2D eigenvalue weighted by Gasteiger charge is -2.28. The maximum Gasteiger partial charge on any atom is 0.511 e. The van der Waals surface area contributed by atoms with Gasteiger partial charge in [0.2, 0.25) is 12.9 Å². The SMILES string of the molecule is Cc1cc(Br)cc2c1OC(C(F)(F)F)C(C(=O)OCOC(=O)OCCCCO[NH3+])=C2. The molecule has 1 atom stereocenters. The second kappa shape index (κ2) is 10.6. The van der Waals surface area contributed by atoms with E-state index >= 15 is 0 Å². The van der Waals surface area contributed by atoms with E-state index < -0.39 is 36.8 Å². The number of rotatable bonds is 8. The van der Waals surface area contributed by atoms with Gasteiger partial charge in [0.05, 0.1) is 12.2 Å². The Morgan fingerprint density at radius 1 is 1.17 bits per heavy atom. The second-order valence-electron chi connectivity index (χ2n) is 6.19. The average Bonchev–Trinajstić information content (AvgIpc) is 2.66. The molecule has 0 amide bonds. The van der Waals surface area contributed by atoms with Crippen LogP contribution in [-0.4, -0.2) is 44.4 Å². The third-order valence-corrected chi connectivity index (χ3v) is 4.36. The molecule has 0 saturated heterocycles. The lowest BCUT2D eigenvalue weighted by Crippen LogP contribution is -2.49. The standard InChI is InChI=1S/C18H20BrF3NO7/c1-10-6-12(19)7-11-8-13(15(18(20,21)22)30-14(10)11)16(24)27-9-28-17(25)26-4-2-3-5-29-23/h6-8,15H,2-5,9H2,1,23H3/q+1. The molecule has 1 aromatic carbocycles. The summed E-state index contributed by atoms with van der Waals surface area (Å²) in [6.45, 7) is 1.11. The van der Waals surface area contributed by atoms with Crippen molar-refractivity contribution < 1.29 is 52.4 Å². The molecule has 1 aromatic rings. The Morgan fingerprint density at radius 3 is 2.53 bits per heavy atom. The molecular weight excluding hydrogens is 479 g/mol. The summed E-state index contributed by atoms with van der Waals surface area (Å²) in [5.41, 5.74) is -0.0244. The molecule has 8 nitrogen and oxygen atoms in total. The Hall–Kier alpha value is -2.31. The first kappa shape index (κ1) is 24.0. The summed E-state index contributed by atoms with van der Waals surface area (Å²) in [6.07, 6.45) is -6.35. The second-order valence-corrected chi connectivity index (χ2v) is 7.10. The minimum absolute atomic E-state index is 0.0150. The number of ether oxygens (including phenoxy) is 4. The van der Waals surface area contributed by atoms with Gasteiger partial charge in [0.25, 0.3) is 0 Å². The van der Waals surface area contributed by atoms with Crippen LogP contribution < -0.4 is 10.6 Å². The van der Waals surface area contributed by atoms with Crippen LogP contribution in [0, 0.1) is 6.92 Å².